The zero-order chi connectivity index (χ0) is 19.2. The minimum absolute atomic E-state index is 0.0522. The minimum atomic E-state index is -0.319. The molecule has 0 bridgehead atoms. The highest BCUT2D eigenvalue weighted by atomic mass is 16.6. The van der Waals surface area contributed by atoms with Crippen LogP contribution < -0.4 is 4.90 Å². The maximum absolute atomic E-state index is 12.9. The summed E-state index contributed by atoms with van der Waals surface area (Å²) in [5, 5.41) is 0. The molecule has 142 valence electrons. The second-order valence-electron chi connectivity index (χ2n) is 6.28. The van der Waals surface area contributed by atoms with E-state index >= 15 is 0 Å². The number of carbonyl (C=O) groups excluding carboxylic acids is 2. The summed E-state index contributed by atoms with van der Waals surface area (Å²) in [6.07, 6.45) is 1.33. The highest BCUT2D eigenvalue weighted by Gasteiger charge is 2.25. The number of ether oxygens (including phenoxy) is 1. The summed E-state index contributed by atoms with van der Waals surface area (Å²) in [4.78, 5) is 34.4. The van der Waals surface area contributed by atoms with Crippen LogP contribution in [0.4, 0.5) is 16.3 Å². The Bertz CT molecular complexity index is 789. The van der Waals surface area contributed by atoms with Gasteiger partial charge in [0.15, 0.2) is 0 Å². The number of piperazine rings is 1. The quantitative estimate of drug-likeness (QED) is 0.830. The summed E-state index contributed by atoms with van der Waals surface area (Å²) in [7, 11) is 1.92. The van der Waals surface area contributed by atoms with E-state index in [0.717, 1.165) is 5.69 Å². The SMILES string of the molecule is CCOC(=O)N1CCN(C(=O)c2ccnc(N(C)c3ccccc3)c2)CC1. The van der Waals surface area contributed by atoms with Crippen molar-refractivity contribution in [3.05, 3.63) is 54.2 Å². The van der Waals surface area contributed by atoms with Gasteiger partial charge >= 0.3 is 6.09 Å². The van der Waals surface area contributed by atoms with E-state index in [4.69, 9.17) is 4.74 Å². The second kappa shape index (κ2) is 8.53. The van der Waals surface area contributed by atoms with E-state index in [9.17, 15) is 9.59 Å². The number of nitrogens with zero attached hydrogens (tertiary/aromatic N) is 4. The van der Waals surface area contributed by atoms with Crippen molar-refractivity contribution in [1.29, 1.82) is 0 Å². The molecule has 2 heterocycles. The van der Waals surface area contributed by atoms with Crippen LogP contribution in [0.25, 0.3) is 0 Å². The minimum Gasteiger partial charge on any atom is -0.450 e. The number of hydrogen-bond acceptors (Lipinski definition) is 5. The standard InChI is InChI=1S/C20H24N4O3/c1-3-27-20(26)24-13-11-23(12-14-24)19(25)16-9-10-21-18(15-16)22(2)17-7-5-4-6-8-17/h4-10,15H,3,11-14H2,1-2H3. The van der Waals surface area contributed by atoms with E-state index in [1.807, 2.05) is 42.3 Å². The summed E-state index contributed by atoms with van der Waals surface area (Å²) >= 11 is 0. The molecular formula is C20H24N4O3. The fourth-order valence-electron chi connectivity index (χ4n) is 3.01. The van der Waals surface area contributed by atoms with Crippen molar-refractivity contribution in [3.63, 3.8) is 0 Å². The Morgan fingerprint density at radius 3 is 2.41 bits per heavy atom. The first kappa shape index (κ1) is 18.7. The van der Waals surface area contributed by atoms with E-state index in [-0.39, 0.29) is 12.0 Å². The van der Waals surface area contributed by atoms with E-state index < -0.39 is 0 Å². The predicted octanol–water partition coefficient (Wildman–Crippen LogP) is 2.76. The van der Waals surface area contributed by atoms with Crippen LogP contribution in [0.15, 0.2) is 48.7 Å². The molecule has 2 aromatic rings. The first-order chi connectivity index (χ1) is 13.1. The molecule has 0 aliphatic carbocycles. The lowest BCUT2D eigenvalue weighted by molar-refractivity contribution is 0.0570. The van der Waals surface area contributed by atoms with Gasteiger partial charge in [-0.15, -0.1) is 0 Å². The molecule has 1 aromatic heterocycles. The van der Waals surface area contributed by atoms with E-state index in [0.29, 0.717) is 44.2 Å². The zero-order valence-corrected chi connectivity index (χ0v) is 15.7. The van der Waals surface area contributed by atoms with Gasteiger partial charge in [0.1, 0.15) is 5.82 Å². The molecule has 7 nitrogen and oxygen atoms in total. The van der Waals surface area contributed by atoms with Gasteiger partial charge in [-0.2, -0.15) is 0 Å². The summed E-state index contributed by atoms with van der Waals surface area (Å²) in [5.41, 5.74) is 1.59. The topological polar surface area (TPSA) is 66.0 Å². The van der Waals surface area contributed by atoms with E-state index in [1.165, 1.54) is 0 Å². The monoisotopic (exact) mass is 368 g/mol. The molecule has 0 N–H and O–H groups in total. The molecule has 0 atom stereocenters. The molecule has 27 heavy (non-hydrogen) atoms. The van der Waals surface area contributed by atoms with Crippen LogP contribution >= 0.6 is 0 Å². The Kier molecular flexibility index (Phi) is 5.90. The number of carbonyl (C=O) groups is 2. The van der Waals surface area contributed by atoms with Crippen molar-refractivity contribution in [2.45, 2.75) is 6.92 Å². The molecule has 2 amide bonds. The van der Waals surface area contributed by atoms with Crippen LogP contribution in [-0.2, 0) is 4.74 Å². The van der Waals surface area contributed by atoms with E-state index in [1.54, 1.807) is 35.1 Å². The van der Waals surface area contributed by atoms with Crippen LogP contribution in [0.1, 0.15) is 17.3 Å². The van der Waals surface area contributed by atoms with Crippen molar-refractivity contribution < 1.29 is 14.3 Å². The molecule has 0 spiro atoms. The molecule has 7 heteroatoms. The lowest BCUT2D eigenvalue weighted by Crippen LogP contribution is -2.50. The average molecular weight is 368 g/mol. The Morgan fingerprint density at radius 2 is 1.74 bits per heavy atom. The van der Waals surface area contributed by atoms with Gasteiger partial charge in [0, 0.05) is 50.7 Å². The lowest BCUT2D eigenvalue weighted by atomic mass is 10.2. The first-order valence-electron chi connectivity index (χ1n) is 9.06. The van der Waals surface area contributed by atoms with Crippen molar-refractivity contribution in [1.82, 2.24) is 14.8 Å². The molecule has 3 rings (SSSR count). The van der Waals surface area contributed by atoms with Crippen LogP contribution in [-0.4, -0.2) is 66.6 Å². The molecule has 0 unspecified atom stereocenters. The van der Waals surface area contributed by atoms with Crippen LogP contribution in [0.2, 0.25) is 0 Å². The van der Waals surface area contributed by atoms with Crippen molar-refractivity contribution in [2.75, 3.05) is 44.7 Å². The summed E-state index contributed by atoms with van der Waals surface area (Å²) in [5.74, 6) is 0.654. The zero-order valence-electron chi connectivity index (χ0n) is 15.7. The Hall–Kier alpha value is -3.09. The van der Waals surface area contributed by atoms with Crippen LogP contribution in [0.5, 0.6) is 0 Å². The van der Waals surface area contributed by atoms with Gasteiger partial charge in [-0.05, 0) is 31.2 Å². The number of pyridine rings is 1. The Balaban J connectivity index is 1.67. The summed E-state index contributed by atoms with van der Waals surface area (Å²) in [6.45, 7) is 4.07. The third kappa shape index (κ3) is 4.36. The molecule has 1 aliphatic heterocycles. The van der Waals surface area contributed by atoms with Crippen molar-refractivity contribution in [3.8, 4) is 0 Å². The summed E-state index contributed by atoms with van der Waals surface area (Å²) in [6, 6.07) is 13.4. The predicted molar refractivity (Wildman–Crippen MR) is 103 cm³/mol. The highest BCUT2D eigenvalue weighted by molar-refractivity contribution is 5.95. The van der Waals surface area contributed by atoms with Gasteiger partial charge in [-0.1, -0.05) is 18.2 Å². The maximum atomic E-state index is 12.9. The molecular weight excluding hydrogens is 344 g/mol. The van der Waals surface area contributed by atoms with Gasteiger partial charge < -0.3 is 19.4 Å². The van der Waals surface area contributed by atoms with Crippen LogP contribution in [0, 0.1) is 0 Å². The van der Waals surface area contributed by atoms with Crippen molar-refractivity contribution >= 4 is 23.5 Å². The van der Waals surface area contributed by atoms with Gasteiger partial charge in [-0.25, -0.2) is 9.78 Å². The van der Waals surface area contributed by atoms with Crippen LogP contribution in [0.3, 0.4) is 0 Å². The van der Waals surface area contributed by atoms with Gasteiger partial charge in [0.25, 0.3) is 5.91 Å². The normalized spacial score (nSPS) is 14.0. The largest absolute Gasteiger partial charge is 0.450 e. The van der Waals surface area contributed by atoms with E-state index in [2.05, 4.69) is 4.98 Å². The molecule has 0 radical (unpaired) electrons. The lowest BCUT2D eigenvalue weighted by Gasteiger charge is -2.34. The second-order valence-corrected chi connectivity index (χ2v) is 6.28. The molecule has 1 aliphatic rings. The third-order valence-corrected chi connectivity index (χ3v) is 4.57. The number of benzene rings is 1. The number of anilines is 2. The Morgan fingerprint density at radius 1 is 1.07 bits per heavy atom. The number of rotatable bonds is 4. The average Bonchev–Trinajstić information content (AvgIpc) is 2.73. The van der Waals surface area contributed by atoms with Gasteiger partial charge in [0.05, 0.1) is 6.61 Å². The number of amides is 2. The van der Waals surface area contributed by atoms with Gasteiger partial charge in [-0.3, -0.25) is 4.79 Å². The first-order valence-corrected chi connectivity index (χ1v) is 9.06. The van der Waals surface area contributed by atoms with Crippen molar-refractivity contribution in [2.24, 2.45) is 0 Å². The molecule has 1 saturated heterocycles. The fourth-order valence-corrected chi connectivity index (χ4v) is 3.01. The highest BCUT2D eigenvalue weighted by Crippen LogP contribution is 2.22. The third-order valence-electron chi connectivity index (χ3n) is 4.57. The fraction of sp³-hybridized carbons (Fsp3) is 0.350. The smallest absolute Gasteiger partial charge is 0.409 e. The molecule has 0 saturated carbocycles. The molecule has 1 fully saturated rings. The number of aromatic nitrogens is 1. The summed E-state index contributed by atoms with van der Waals surface area (Å²) < 4.78 is 5.02. The van der Waals surface area contributed by atoms with Gasteiger partial charge in [0.2, 0.25) is 0 Å². The maximum Gasteiger partial charge on any atom is 0.409 e. The molecule has 1 aromatic carbocycles. The number of hydrogen-bond donors (Lipinski definition) is 0. The Labute approximate surface area is 159 Å². The number of para-hydroxylation sites is 1.